The monoisotopic (exact) mass is 525 g/mol. The number of aromatic nitrogens is 3. The third-order valence-electron chi connectivity index (χ3n) is 8.20. The molecule has 0 N–H and O–H groups in total. The Bertz CT molecular complexity index is 2370. The molecular weight excluding hydrogens is 502 g/mol. The molecule has 9 rings (SSSR count). The largest absolute Gasteiger partial charge is 0.456 e. The van der Waals surface area contributed by atoms with Crippen LogP contribution in [-0.2, 0) is 0 Å². The van der Waals surface area contributed by atoms with Crippen LogP contribution in [0.15, 0.2) is 144 Å². The zero-order chi connectivity index (χ0) is 26.9. The minimum Gasteiger partial charge on any atom is -0.456 e. The van der Waals surface area contributed by atoms with Crippen LogP contribution in [0.5, 0.6) is 0 Å². The Labute approximate surface area is 235 Å². The molecule has 0 aliphatic heterocycles. The van der Waals surface area contributed by atoms with Gasteiger partial charge in [-0.3, -0.25) is 4.98 Å². The fraction of sp³-hybridized carbons (Fsp3) is 0. The maximum Gasteiger partial charge on any atom is 0.136 e. The molecule has 5 aromatic carbocycles. The Kier molecular flexibility index (Phi) is 4.58. The van der Waals surface area contributed by atoms with Crippen molar-refractivity contribution in [3.05, 3.63) is 140 Å². The molecule has 0 saturated heterocycles. The number of nitrogens with zero attached hydrogens (tertiary/aromatic N) is 3. The number of fused-ring (bicyclic) bond motifs is 7. The van der Waals surface area contributed by atoms with Gasteiger partial charge in [-0.15, -0.1) is 0 Å². The average Bonchev–Trinajstić information content (AvgIpc) is 3.71. The van der Waals surface area contributed by atoms with E-state index < -0.39 is 0 Å². The highest BCUT2D eigenvalue weighted by Crippen LogP contribution is 2.40. The van der Waals surface area contributed by atoms with Crippen molar-refractivity contribution < 1.29 is 4.42 Å². The summed E-state index contributed by atoms with van der Waals surface area (Å²) < 4.78 is 10.9. The van der Waals surface area contributed by atoms with Gasteiger partial charge in [0.25, 0.3) is 0 Å². The van der Waals surface area contributed by atoms with E-state index in [9.17, 15) is 0 Å². The summed E-state index contributed by atoms with van der Waals surface area (Å²) in [6.45, 7) is 0. The van der Waals surface area contributed by atoms with Crippen LogP contribution < -0.4 is 0 Å². The van der Waals surface area contributed by atoms with Gasteiger partial charge in [0.1, 0.15) is 11.2 Å². The zero-order valence-corrected chi connectivity index (χ0v) is 22.0. The second-order valence-electron chi connectivity index (χ2n) is 10.5. The average molecular weight is 526 g/mol. The van der Waals surface area contributed by atoms with Crippen molar-refractivity contribution in [2.45, 2.75) is 0 Å². The number of furan rings is 1. The fourth-order valence-electron chi connectivity index (χ4n) is 6.39. The maximum absolute atomic E-state index is 6.27. The molecule has 0 atom stereocenters. The molecule has 41 heavy (non-hydrogen) atoms. The summed E-state index contributed by atoms with van der Waals surface area (Å²) in [5.41, 5.74) is 10.4. The Balaban J connectivity index is 1.38. The van der Waals surface area contributed by atoms with Crippen LogP contribution in [0.1, 0.15) is 0 Å². The van der Waals surface area contributed by atoms with Crippen LogP contribution in [0, 0.1) is 0 Å². The first-order chi connectivity index (χ1) is 20.3. The van der Waals surface area contributed by atoms with Crippen molar-refractivity contribution in [2.24, 2.45) is 0 Å². The van der Waals surface area contributed by atoms with Crippen LogP contribution >= 0.6 is 0 Å². The van der Waals surface area contributed by atoms with Crippen LogP contribution in [0.3, 0.4) is 0 Å². The molecule has 192 valence electrons. The molecule has 4 aromatic heterocycles. The van der Waals surface area contributed by atoms with Crippen LogP contribution in [0.25, 0.3) is 77.3 Å². The number of para-hydroxylation sites is 4. The van der Waals surface area contributed by atoms with Crippen molar-refractivity contribution >= 4 is 54.8 Å². The molecule has 0 aliphatic carbocycles. The van der Waals surface area contributed by atoms with E-state index in [2.05, 4.69) is 131 Å². The highest BCUT2D eigenvalue weighted by atomic mass is 16.3. The maximum atomic E-state index is 6.27. The van der Waals surface area contributed by atoms with Crippen molar-refractivity contribution in [3.63, 3.8) is 0 Å². The molecule has 4 heterocycles. The van der Waals surface area contributed by atoms with E-state index in [4.69, 9.17) is 9.40 Å². The SMILES string of the molecule is c1ccc(-n2cc(-c3ccc4c(c3)oc3ccccc34)c3nccc(-n4c5ccccc5c5ccccc54)c32)cc1. The molecule has 0 spiro atoms. The Morgan fingerprint density at radius 3 is 2.00 bits per heavy atom. The first-order valence-electron chi connectivity index (χ1n) is 13.8. The third-order valence-corrected chi connectivity index (χ3v) is 8.20. The van der Waals surface area contributed by atoms with Gasteiger partial charge >= 0.3 is 0 Å². The van der Waals surface area contributed by atoms with Crippen molar-refractivity contribution in [3.8, 4) is 22.5 Å². The van der Waals surface area contributed by atoms with E-state index in [0.29, 0.717) is 0 Å². The Hall–Kier alpha value is -5.61. The lowest BCUT2D eigenvalue weighted by Gasteiger charge is -2.13. The lowest BCUT2D eigenvalue weighted by atomic mass is 10.0. The summed E-state index contributed by atoms with van der Waals surface area (Å²) in [6.07, 6.45) is 4.15. The molecule has 9 aromatic rings. The van der Waals surface area contributed by atoms with Gasteiger partial charge in [0, 0.05) is 45.2 Å². The van der Waals surface area contributed by atoms with Crippen molar-refractivity contribution in [1.29, 1.82) is 0 Å². The van der Waals surface area contributed by atoms with Gasteiger partial charge in [-0.05, 0) is 54.1 Å². The minimum absolute atomic E-state index is 0.878. The summed E-state index contributed by atoms with van der Waals surface area (Å²) in [6, 6.07) is 44.6. The van der Waals surface area contributed by atoms with Gasteiger partial charge in [0.15, 0.2) is 0 Å². The lowest BCUT2D eigenvalue weighted by Crippen LogP contribution is -2.00. The number of rotatable bonds is 3. The van der Waals surface area contributed by atoms with Gasteiger partial charge in [-0.25, -0.2) is 0 Å². The fourth-order valence-corrected chi connectivity index (χ4v) is 6.39. The van der Waals surface area contributed by atoms with Crippen molar-refractivity contribution in [1.82, 2.24) is 14.1 Å². The zero-order valence-electron chi connectivity index (χ0n) is 22.0. The molecule has 0 amide bonds. The van der Waals surface area contributed by atoms with Crippen LogP contribution in [0.2, 0.25) is 0 Å². The van der Waals surface area contributed by atoms with Gasteiger partial charge in [0.2, 0.25) is 0 Å². The Morgan fingerprint density at radius 1 is 0.561 bits per heavy atom. The van der Waals surface area contributed by atoms with Gasteiger partial charge in [-0.2, -0.15) is 0 Å². The summed E-state index contributed by atoms with van der Waals surface area (Å²) in [5.74, 6) is 0. The number of benzene rings is 5. The molecule has 0 fully saturated rings. The quantitative estimate of drug-likeness (QED) is 0.230. The number of hydrogen-bond donors (Lipinski definition) is 0. The molecule has 4 nitrogen and oxygen atoms in total. The number of hydrogen-bond acceptors (Lipinski definition) is 2. The Morgan fingerprint density at radius 2 is 1.22 bits per heavy atom. The summed E-state index contributed by atoms with van der Waals surface area (Å²) in [4.78, 5) is 4.99. The van der Waals surface area contributed by atoms with Crippen LogP contribution in [0.4, 0.5) is 0 Å². The molecule has 0 saturated carbocycles. The van der Waals surface area contributed by atoms with E-state index in [-0.39, 0.29) is 0 Å². The number of pyridine rings is 1. The topological polar surface area (TPSA) is 35.9 Å². The van der Waals surface area contributed by atoms with E-state index in [1.807, 2.05) is 18.3 Å². The lowest BCUT2D eigenvalue weighted by molar-refractivity contribution is 0.669. The van der Waals surface area contributed by atoms with E-state index in [1.54, 1.807) is 0 Å². The minimum atomic E-state index is 0.878. The summed E-state index contributed by atoms with van der Waals surface area (Å²) in [5, 5.41) is 4.73. The summed E-state index contributed by atoms with van der Waals surface area (Å²) in [7, 11) is 0. The van der Waals surface area contributed by atoms with E-state index >= 15 is 0 Å². The first-order valence-corrected chi connectivity index (χ1v) is 13.8. The predicted molar refractivity (Wildman–Crippen MR) is 168 cm³/mol. The third kappa shape index (κ3) is 3.19. The summed E-state index contributed by atoms with van der Waals surface area (Å²) >= 11 is 0. The smallest absolute Gasteiger partial charge is 0.136 e. The highest BCUT2D eigenvalue weighted by molar-refractivity contribution is 6.11. The van der Waals surface area contributed by atoms with Gasteiger partial charge in [0.05, 0.1) is 27.8 Å². The molecular formula is C37H23N3O. The highest BCUT2D eigenvalue weighted by Gasteiger charge is 2.21. The van der Waals surface area contributed by atoms with Gasteiger partial charge in [-0.1, -0.05) is 78.9 Å². The van der Waals surface area contributed by atoms with E-state index in [0.717, 1.165) is 55.5 Å². The molecule has 0 bridgehead atoms. The van der Waals surface area contributed by atoms with Gasteiger partial charge < -0.3 is 13.6 Å². The molecule has 4 heteroatoms. The predicted octanol–water partition coefficient (Wildman–Crippen LogP) is 9.69. The second-order valence-corrected chi connectivity index (χ2v) is 10.5. The molecule has 0 unspecified atom stereocenters. The molecule has 0 radical (unpaired) electrons. The van der Waals surface area contributed by atoms with Crippen LogP contribution in [-0.4, -0.2) is 14.1 Å². The standard InChI is InChI=1S/C37H23N3O/c1-2-10-25(11-3-1)39-23-30(24-18-19-29-28-14-6-9-17-34(28)41-35(29)22-24)36-37(39)33(20-21-38-36)40-31-15-7-4-12-26(31)27-13-5-8-16-32(27)40/h1-23H. The first kappa shape index (κ1) is 22.2. The second kappa shape index (κ2) is 8.44. The molecule has 0 aliphatic rings. The van der Waals surface area contributed by atoms with E-state index in [1.165, 1.54) is 21.8 Å². The van der Waals surface area contributed by atoms with Crippen molar-refractivity contribution in [2.75, 3.05) is 0 Å². The normalized spacial score (nSPS) is 11.9.